The van der Waals surface area contributed by atoms with Crippen LogP contribution in [0.3, 0.4) is 0 Å². The zero-order chi connectivity index (χ0) is 12.4. The van der Waals surface area contributed by atoms with Crippen LogP contribution in [0, 0.1) is 5.82 Å². The van der Waals surface area contributed by atoms with Crippen molar-refractivity contribution in [2.24, 2.45) is 0 Å². The lowest BCUT2D eigenvalue weighted by molar-refractivity contribution is 0.628. The maximum Gasteiger partial charge on any atom is 0.230 e. The van der Waals surface area contributed by atoms with Gasteiger partial charge in [0.15, 0.2) is 0 Å². The van der Waals surface area contributed by atoms with E-state index in [-0.39, 0.29) is 5.02 Å². The molecule has 0 saturated heterocycles. The number of nitrogens with one attached hydrogen (secondary N) is 1. The number of halogens is 3. The van der Waals surface area contributed by atoms with Gasteiger partial charge in [-0.3, -0.25) is 0 Å². The molecular formula is C10H7BrClFN4. The number of anilines is 3. The molecule has 88 valence electrons. The van der Waals surface area contributed by atoms with Gasteiger partial charge in [-0.05, 0) is 34.1 Å². The molecule has 0 radical (unpaired) electrons. The molecule has 0 aliphatic carbocycles. The number of benzene rings is 1. The number of nitrogens with two attached hydrogens (primary N) is 1. The van der Waals surface area contributed by atoms with E-state index in [0.29, 0.717) is 22.1 Å². The van der Waals surface area contributed by atoms with Crippen LogP contribution in [0.2, 0.25) is 5.02 Å². The van der Waals surface area contributed by atoms with Crippen molar-refractivity contribution in [3.8, 4) is 0 Å². The molecule has 3 N–H and O–H groups in total. The minimum absolute atomic E-state index is 0.0259. The highest BCUT2D eigenvalue weighted by atomic mass is 79.9. The van der Waals surface area contributed by atoms with Crippen LogP contribution in [0.1, 0.15) is 0 Å². The van der Waals surface area contributed by atoms with Crippen molar-refractivity contribution in [1.29, 1.82) is 0 Å². The Morgan fingerprint density at radius 1 is 1.29 bits per heavy atom. The van der Waals surface area contributed by atoms with E-state index in [9.17, 15) is 4.39 Å². The minimum Gasteiger partial charge on any atom is -0.383 e. The van der Waals surface area contributed by atoms with E-state index in [2.05, 4.69) is 31.2 Å². The smallest absolute Gasteiger partial charge is 0.230 e. The van der Waals surface area contributed by atoms with Gasteiger partial charge in [0.05, 0.1) is 5.02 Å². The van der Waals surface area contributed by atoms with Crippen molar-refractivity contribution in [3.63, 3.8) is 0 Å². The summed E-state index contributed by atoms with van der Waals surface area (Å²) >= 11 is 8.85. The second kappa shape index (κ2) is 4.85. The molecule has 1 aromatic carbocycles. The predicted molar refractivity (Wildman–Crippen MR) is 68.8 cm³/mol. The number of aromatic nitrogens is 2. The summed E-state index contributed by atoms with van der Waals surface area (Å²) < 4.78 is 13.5. The molecule has 0 atom stereocenters. The van der Waals surface area contributed by atoms with E-state index in [0.717, 1.165) is 0 Å². The molecule has 0 unspecified atom stereocenters. The Morgan fingerprint density at radius 3 is 2.71 bits per heavy atom. The zero-order valence-electron chi connectivity index (χ0n) is 8.42. The van der Waals surface area contributed by atoms with Crippen LogP contribution in [-0.4, -0.2) is 9.97 Å². The molecule has 7 heteroatoms. The third-order valence-corrected chi connectivity index (χ3v) is 2.59. The van der Waals surface area contributed by atoms with E-state index in [1.807, 2.05) is 0 Å². The molecule has 1 heterocycles. The van der Waals surface area contributed by atoms with E-state index in [1.54, 1.807) is 6.07 Å². The van der Waals surface area contributed by atoms with Crippen LogP contribution in [0.5, 0.6) is 0 Å². The monoisotopic (exact) mass is 316 g/mol. The molecule has 0 bridgehead atoms. The van der Waals surface area contributed by atoms with Crippen LogP contribution in [0.4, 0.5) is 21.8 Å². The van der Waals surface area contributed by atoms with E-state index in [4.69, 9.17) is 17.3 Å². The maximum absolute atomic E-state index is 12.9. The van der Waals surface area contributed by atoms with Crippen LogP contribution in [-0.2, 0) is 0 Å². The summed E-state index contributed by atoms with van der Waals surface area (Å²) in [5.41, 5.74) is 6.14. The third-order valence-electron chi connectivity index (χ3n) is 1.89. The van der Waals surface area contributed by atoms with E-state index in [1.165, 1.54) is 18.2 Å². The Morgan fingerprint density at radius 2 is 2.06 bits per heavy atom. The molecule has 0 saturated carbocycles. The minimum atomic E-state index is -0.480. The fraction of sp³-hybridized carbons (Fsp3) is 0. The van der Waals surface area contributed by atoms with Gasteiger partial charge in [-0.15, -0.1) is 0 Å². The summed E-state index contributed by atoms with van der Waals surface area (Å²) in [6.45, 7) is 0. The van der Waals surface area contributed by atoms with Gasteiger partial charge in [0, 0.05) is 11.8 Å². The Balaban J connectivity index is 2.28. The van der Waals surface area contributed by atoms with E-state index >= 15 is 0 Å². The van der Waals surface area contributed by atoms with Gasteiger partial charge in [-0.1, -0.05) is 11.6 Å². The summed E-state index contributed by atoms with van der Waals surface area (Å²) in [5, 5.41) is 2.90. The van der Waals surface area contributed by atoms with Crippen LogP contribution >= 0.6 is 27.5 Å². The highest BCUT2D eigenvalue weighted by molar-refractivity contribution is 9.10. The van der Waals surface area contributed by atoms with Gasteiger partial charge in [0.2, 0.25) is 5.95 Å². The molecule has 0 spiro atoms. The highest BCUT2D eigenvalue weighted by Crippen LogP contribution is 2.22. The number of nitrogen functional groups attached to an aromatic ring is 1. The lowest BCUT2D eigenvalue weighted by Crippen LogP contribution is -2.00. The Hall–Kier alpha value is -1.40. The highest BCUT2D eigenvalue weighted by Gasteiger charge is 2.04. The van der Waals surface area contributed by atoms with Crippen LogP contribution < -0.4 is 11.1 Å². The molecule has 2 rings (SSSR count). The third kappa shape index (κ3) is 3.04. The number of hydrogen-bond donors (Lipinski definition) is 2. The average Bonchev–Trinajstić information content (AvgIpc) is 2.22. The van der Waals surface area contributed by atoms with Crippen LogP contribution in [0.25, 0.3) is 0 Å². The molecule has 2 aromatic rings. The molecule has 4 nitrogen and oxygen atoms in total. The molecule has 17 heavy (non-hydrogen) atoms. The van der Waals surface area contributed by atoms with Crippen molar-refractivity contribution in [2.45, 2.75) is 0 Å². The lowest BCUT2D eigenvalue weighted by atomic mass is 10.3. The summed E-state index contributed by atoms with van der Waals surface area (Å²) in [6.07, 6.45) is 0. The van der Waals surface area contributed by atoms with Gasteiger partial charge >= 0.3 is 0 Å². The lowest BCUT2D eigenvalue weighted by Gasteiger charge is -2.06. The standard InChI is InChI=1S/C10H7BrClFN4/c11-8-4-9(14)17-10(16-8)15-5-1-2-7(13)6(12)3-5/h1-4H,(H3,14,15,16,17). The molecule has 0 aliphatic heterocycles. The molecular weight excluding hydrogens is 310 g/mol. The van der Waals surface area contributed by atoms with Crippen molar-refractivity contribution >= 4 is 45.0 Å². The van der Waals surface area contributed by atoms with Gasteiger partial charge in [-0.25, -0.2) is 9.37 Å². The van der Waals surface area contributed by atoms with Gasteiger partial charge < -0.3 is 11.1 Å². The first-order valence-electron chi connectivity index (χ1n) is 4.57. The van der Waals surface area contributed by atoms with Crippen molar-refractivity contribution in [3.05, 3.63) is 39.7 Å². The summed E-state index contributed by atoms with van der Waals surface area (Å²) in [5.74, 6) is 0.147. The topological polar surface area (TPSA) is 63.8 Å². The molecule has 0 fully saturated rings. The molecule has 1 aromatic heterocycles. The molecule has 0 aliphatic rings. The predicted octanol–water partition coefficient (Wildman–Crippen LogP) is 3.36. The molecule has 0 amide bonds. The first kappa shape index (κ1) is 12.1. The Labute approximate surface area is 110 Å². The SMILES string of the molecule is Nc1cc(Br)nc(Nc2ccc(F)c(Cl)c2)n1. The fourth-order valence-electron chi connectivity index (χ4n) is 1.19. The zero-order valence-corrected chi connectivity index (χ0v) is 10.8. The van der Waals surface area contributed by atoms with Crippen molar-refractivity contribution < 1.29 is 4.39 Å². The first-order chi connectivity index (χ1) is 8.04. The Bertz CT molecular complexity index is 544. The second-order valence-electron chi connectivity index (χ2n) is 3.19. The number of hydrogen-bond acceptors (Lipinski definition) is 4. The van der Waals surface area contributed by atoms with Crippen LogP contribution in [0.15, 0.2) is 28.9 Å². The number of nitrogens with zero attached hydrogens (tertiary/aromatic N) is 2. The van der Waals surface area contributed by atoms with Gasteiger partial charge in [-0.2, -0.15) is 4.98 Å². The van der Waals surface area contributed by atoms with Gasteiger partial charge in [0.1, 0.15) is 16.2 Å². The largest absolute Gasteiger partial charge is 0.383 e. The summed E-state index contributed by atoms with van der Waals surface area (Å²) in [4.78, 5) is 8.03. The average molecular weight is 318 g/mol. The maximum atomic E-state index is 12.9. The summed E-state index contributed by atoms with van der Waals surface area (Å²) in [7, 11) is 0. The van der Waals surface area contributed by atoms with Crippen molar-refractivity contribution in [1.82, 2.24) is 9.97 Å². The van der Waals surface area contributed by atoms with Gasteiger partial charge in [0.25, 0.3) is 0 Å². The number of rotatable bonds is 2. The summed E-state index contributed by atoms with van der Waals surface area (Å²) in [6, 6.07) is 5.80. The van der Waals surface area contributed by atoms with Crippen molar-refractivity contribution in [2.75, 3.05) is 11.1 Å². The van der Waals surface area contributed by atoms with E-state index < -0.39 is 5.82 Å². The Kier molecular flexibility index (Phi) is 3.44. The second-order valence-corrected chi connectivity index (χ2v) is 4.41. The fourth-order valence-corrected chi connectivity index (χ4v) is 1.78. The first-order valence-corrected chi connectivity index (χ1v) is 5.74. The quantitative estimate of drug-likeness (QED) is 0.834. The normalized spacial score (nSPS) is 10.3.